The van der Waals surface area contributed by atoms with E-state index in [1.807, 2.05) is 30.3 Å². The standard InChI is InChI=1S/C7H7Cl.C3H4N2O/c8-6-7-4-2-1-3-5-7;6-3-1-4-2-5-3/h1-5H,6H2;2H,1H2,(H,4,5,6). The summed E-state index contributed by atoms with van der Waals surface area (Å²) < 4.78 is 0. The van der Waals surface area contributed by atoms with Crippen LogP contribution in [0.5, 0.6) is 0 Å². The number of alkyl halides is 1. The summed E-state index contributed by atoms with van der Waals surface area (Å²) in [7, 11) is 0. The van der Waals surface area contributed by atoms with E-state index in [1.54, 1.807) is 0 Å². The Hall–Kier alpha value is -1.35. The zero-order valence-corrected chi connectivity index (χ0v) is 8.37. The van der Waals surface area contributed by atoms with Crippen molar-refractivity contribution in [2.75, 3.05) is 6.54 Å². The molecule has 1 amide bonds. The first kappa shape index (κ1) is 10.7. The highest BCUT2D eigenvalue weighted by molar-refractivity contribution is 6.17. The van der Waals surface area contributed by atoms with Crippen molar-refractivity contribution in [1.29, 1.82) is 0 Å². The predicted molar refractivity (Wildman–Crippen MR) is 57.5 cm³/mol. The van der Waals surface area contributed by atoms with E-state index < -0.39 is 0 Å². The number of benzene rings is 1. The van der Waals surface area contributed by atoms with Crippen LogP contribution in [0, 0.1) is 0 Å². The third kappa shape index (κ3) is 4.05. The summed E-state index contributed by atoms with van der Waals surface area (Å²) in [5.41, 5.74) is 1.18. The average Bonchev–Trinajstić information content (AvgIpc) is 2.71. The number of carbonyl (C=O) groups excluding carboxylic acids is 1. The molecule has 0 spiro atoms. The molecule has 1 N–H and O–H groups in total. The van der Waals surface area contributed by atoms with E-state index in [0.717, 1.165) is 0 Å². The molecule has 0 saturated carbocycles. The van der Waals surface area contributed by atoms with Gasteiger partial charge in [0.05, 0.1) is 12.9 Å². The van der Waals surface area contributed by atoms with Crippen LogP contribution in [0.15, 0.2) is 35.3 Å². The smallest absolute Gasteiger partial charge is 0.266 e. The summed E-state index contributed by atoms with van der Waals surface area (Å²) in [4.78, 5) is 13.3. The Balaban J connectivity index is 0.000000146. The number of hydrogen-bond donors (Lipinski definition) is 1. The van der Waals surface area contributed by atoms with Crippen LogP contribution in [0.4, 0.5) is 0 Å². The first-order chi connectivity index (χ1) is 6.83. The minimum absolute atomic E-state index is 0.0880. The van der Waals surface area contributed by atoms with E-state index in [0.29, 0.717) is 12.4 Å². The lowest BCUT2D eigenvalue weighted by Gasteiger charge is -1.88. The highest BCUT2D eigenvalue weighted by Crippen LogP contribution is 2.00. The van der Waals surface area contributed by atoms with Gasteiger partial charge in [-0.25, -0.2) is 4.99 Å². The predicted octanol–water partition coefficient (Wildman–Crippen LogP) is 1.57. The van der Waals surface area contributed by atoms with Crippen LogP contribution in [-0.2, 0) is 10.7 Å². The monoisotopic (exact) mass is 210 g/mol. The van der Waals surface area contributed by atoms with Gasteiger partial charge in [0.25, 0.3) is 5.91 Å². The third-order valence-electron chi connectivity index (χ3n) is 1.55. The first-order valence-corrected chi connectivity index (χ1v) is 4.75. The van der Waals surface area contributed by atoms with Gasteiger partial charge in [0, 0.05) is 5.88 Å². The van der Waals surface area contributed by atoms with Gasteiger partial charge in [0.1, 0.15) is 0 Å². The molecule has 0 atom stereocenters. The molecule has 74 valence electrons. The minimum Gasteiger partial charge on any atom is -0.367 e. The van der Waals surface area contributed by atoms with Gasteiger partial charge in [0.15, 0.2) is 0 Å². The van der Waals surface area contributed by atoms with Crippen LogP contribution >= 0.6 is 11.6 Å². The normalized spacial score (nSPS) is 13.1. The Morgan fingerprint density at radius 3 is 2.36 bits per heavy atom. The molecule has 2 rings (SSSR count). The van der Waals surface area contributed by atoms with Crippen molar-refractivity contribution in [3.8, 4) is 0 Å². The Morgan fingerprint density at radius 2 is 2.07 bits per heavy atom. The molecular weight excluding hydrogens is 200 g/mol. The SMILES string of the molecule is ClCc1ccccc1.O=C1CNC=N1. The maximum Gasteiger partial charge on any atom is 0.266 e. The van der Waals surface area contributed by atoms with Crippen LogP contribution < -0.4 is 5.32 Å². The van der Waals surface area contributed by atoms with Crippen molar-refractivity contribution < 1.29 is 4.79 Å². The van der Waals surface area contributed by atoms with Crippen LogP contribution in [0.25, 0.3) is 0 Å². The number of rotatable bonds is 1. The van der Waals surface area contributed by atoms with Crippen molar-refractivity contribution in [2.24, 2.45) is 4.99 Å². The molecule has 3 nitrogen and oxygen atoms in total. The first-order valence-electron chi connectivity index (χ1n) is 4.21. The zero-order valence-electron chi connectivity index (χ0n) is 7.61. The molecule has 0 fully saturated rings. The highest BCUT2D eigenvalue weighted by Gasteiger charge is 1.98. The number of nitrogens with one attached hydrogen (secondary N) is 1. The van der Waals surface area contributed by atoms with Crippen molar-refractivity contribution >= 4 is 23.8 Å². The summed E-state index contributed by atoms with van der Waals surface area (Å²) in [6.07, 6.45) is 1.41. The molecule has 1 aromatic rings. The summed E-state index contributed by atoms with van der Waals surface area (Å²) in [6, 6.07) is 9.96. The molecular formula is C10H11ClN2O. The Labute approximate surface area is 87.8 Å². The lowest BCUT2D eigenvalue weighted by molar-refractivity contribution is -0.116. The Morgan fingerprint density at radius 1 is 1.36 bits per heavy atom. The largest absolute Gasteiger partial charge is 0.367 e. The average molecular weight is 211 g/mol. The van der Waals surface area contributed by atoms with Crippen molar-refractivity contribution in [3.63, 3.8) is 0 Å². The van der Waals surface area contributed by atoms with Crippen molar-refractivity contribution in [3.05, 3.63) is 35.9 Å². The molecule has 1 heterocycles. The van der Waals surface area contributed by atoms with Crippen LogP contribution in [-0.4, -0.2) is 18.8 Å². The van der Waals surface area contributed by atoms with Gasteiger partial charge in [-0.1, -0.05) is 30.3 Å². The van der Waals surface area contributed by atoms with Gasteiger partial charge in [-0.05, 0) is 5.56 Å². The Kier molecular flexibility index (Phi) is 4.72. The topological polar surface area (TPSA) is 41.5 Å². The molecule has 0 aliphatic carbocycles. The van der Waals surface area contributed by atoms with Crippen molar-refractivity contribution in [1.82, 2.24) is 5.32 Å². The fourth-order valence-electron chi connectivity index (χ4n) is 0.863. The molecule has 1 aromatic carbocycles. The number of carbonyl (C=O) groups is 1. The summed E-state index contributed by atoms with van der Waals surface area (Å²) >= 11 is 5.53. The van der Waals surface area contributed by atoms with Gasteiger partial charge in [0.2, 0.25) is 0 Å². The zero-order chi connectivity index (χ0) is 10.2. The maximum atomic E-state index is 9.98. The Bertz CT molecular complexity index is 311. The molecule has 0 aromatic heterocycles. The highest BCUT2D eigenvalue weighted by atomic mass is 35.5. The van der Waals surface area contributed by atoms with Gasteiger partial charge < -0.3 is 5.32 Å². The fourth-order valence-corrected chi connectivity index (χ4v) is 1.04. The van der Waals surface area contributed by atoms with E-state index >= 15 is 0 Å². The van der Waals surface area contributed by atoms with Gasteiger partial charge in [-0.3, -0.25) is 4.79 Å². The number of nitrogens with zero attached hydrogens (tertiary/aromatic N) is 1. The molecule has 0 unspecified atom stereocenters. The number of amides is 1. The van der Waals surface area contributed by atoms with Crippen LogP contribution in [0.2, 0.25) is 0 Å². The summed E-state index contributed by atoms with van der Waals surface area (Å²) in [5.74, 6) is 0.524. The second-order valence-corrected chi connectivity index (χ2v) is 2.92. The lowest BCUT2D eigenvalue weighted by atomic mass is 10.2. The van der Waals surface area contributed by atoms with E-state index in [9.17, 15) is 4.79 Å². The van der Waals surface area contributed by atoms with Gasteiger partial charge in [-0.15, -0.1) is 11.6 Å². The van der Waals surface area contributed by atoms with E-state index in [4.69, 9.17) is 11.6 Å². The van der Waals surface area contributed by atoms with E-state index in [1.165, 1.54) is 11.9 Å². The second kappa shape index (κ2) is 6.16. The second-order valence-electron chi connectivity index (χ2n) is 2.65. The van der Waals surface area contributed by atoms with Crippen LogP contribution in [0.3, 0.4) is 0 Å². The third-order valence-corrected chi connectivity index (χ3v) is 1.86. The molecule has 1 aliphatic rings. The lowest BCUT2D eigenvalue weighted by Crippen LogP contribution is -2.09. The quantitative estimate of drug-likeness (QED) is 0.715. The van der Waals surface area contributed by atoms with Crippen LogP contribution in [0.1, 0.15) is 5.56 Å². The molecule has 14 heavy (non-hydrogen) atoms. The maximum absolute atomic E-state index is 9.98. The van der Waals surface area contributed by atoms with Gasteiger partial charge in [-0.2, -0.15) is 0 Å². The number of aliphatic imine (C=N–C) groups is 1. The van der Waals surface area contributed by atoms with E-state index in [2.05, 4.69) is 10.3 Å². The number of halogens is 1. The van der Waals surface area contributed by atoms with Crippen molar-refractivity contribution in [2.45, 2.75) is 5.88 Å². The van der Waals surface area contributed by atoms with Gasteiger partial charge >= 0.3 is 0 Å². The van der Waals surface area contributed by atoms with E-state index in [-0.39, 0.29) is 5.91 Å². The number of hydrogen-bond acceptors (Lipinski definition) is 2. The molecule has 0 saturated heterocycles. The summed E-state index contributed by atoms with van der Waals surface area (Å²) in [6.45, 7) is 0.375. The molecule has 1 aliphatic heterocycles. The fraction of sp³-hybridized carbons (Fsp3) is 0.200. The molecule has 4 heteroatoms. The molecule has 0 bridgehead atoms. The minimum atomic E-state index is -0.0880. The summed E-state index contributed by atoms with van der Waals surface area (Å²) in [5, 5.41) is 2.63. The molecule has 0 radical (unpaired) electrons.